The van der Waals surface area contributed by atoms with Crippen molar-refractivity contribution in [1.29, 1.82) is 0 Å². The van der Waals surface area contributed by atoms with E-state index in [1.54, 1.807) is 5.01 Å². The molecule has 2 N–H and O–H groups in total. The third-order valence-corrected chi connectivity index (χ3v) is 2.42. The van der Waals surface area contributed by atoms with Crippen LogP contribution in [0.5, 0.6) is 0 Å². The van der Waals surface area contributed by atoms with Crippen molar-refractivity contribution in [2.75, 3.05) is 26.0 Å². The molecule has 16 heavy (non-hydrogen) atoms. The van der Waals surface area contributed by atoms with E-state index in [0.717, 1.165) is 5.69 Å². The summed E-state index contributed by atoms with van der Waals surface area (Å²) < 4.78 is 0. The van der Waals surface area contributed by atoms with E-state index in [1.807, 2.05) is 32.1 Å². The van der Waals surface area contributed by atoms with Crippen molar-refractivity contribution in [3.05, 3.63) is 29.3 Å². The average molecular weight is 220 g/mol. The first-order valence-electron chi connectivity index (χ1n) is 5.25. The van der Waals surface area contributed by atoms with Gasteiger partial charge in [0.05, 0.1) is 0 Å². The Morgan fingerprint density at radius 1 is 1.12 bits per heavy atom. The van der Waals surface area contributed by atoms with Crippen LogP contribution in [0.4, 0.5) is 5.69 Å². The molecular weight excluding hydrogens is 200 g/mol. The van der Waals surface area contributed by atoms with Crippen LogP contribution in [0.3, 0.4) is 0 Å². The Balaban J connectivity index is 3.10. The molecule has 1 aromatic carbocycles. The fourth-order valence-electron chi connectivity index (χ4n) is 1.72. The number of anilines is 1. The average Bonchev–Trinajstić information content (AvgIpc) is 2.16. The van der Waals surface area contributed by atoms with Gasteiger partial charge in [0.2, 0.25) is 5.96 Å². The molecule has 0 aliphatic carbocycles. The van der Waals surface area contributed by atoms with Gasteiger partial charge in [-0.25, -0.2) is 0 Å². The van der Waals surface area contributed by atoms with Crippen molar-refractivity contribution in [2.24, 2.45) is 10.8 Å². The van der Waals surface area contributed by atoms with E-state index in [0.29, 0.717) is 5.96 Å². The molecule has 0 spiro atoms. The maximum absolute atomic E-state index is 5.92. The Labute approximate surface area is 97.3 Å². The summed E-state index contributed by atoms with van der Waals surface area (Å²) >= 11 is 0. The van der Waals surface area contributed by atoms with Crippen molar-refractivity contribution in [2.45, 2.75) is 13.8 Å². The summed E-state index contributed by atoms with van der Waals surface area (Å²) in [6, 6.07) is 6.19. The van der Waals surface area contributed by atoms with Crippen LogP contribution in [0.1, 0.15) is 11.1 Å². The highest BCUT2D eigenvalue weighted by molar-refractivity contribution is 5.95. The maximum Gasteiger partial charge on any atom is 0.218 e. The van der Waals surface area contributed by atoms with Gasteiger partial charge in [-0.05, 0) is 25.0 Å². The minimum atomic E-state index is 0.488. The van der Waals surface area contributed by atoms with Crippen molar-refractivity contribution in [1.82, 2.24) is 5.01 Å². The Hall–Kier alpha value is -1.71. The fraction of sp³-hybridized carbons (Fsp3) is 0.417. The van der Waals surface area contributed by atoms with Crippen molar-refractivity contribution >= 4 is 11.6 Å². The number of hydrogen-bond donors (Lipinski definition) is 1. The molecule has 0 radical (unpaired) electrons. The zero-order valence-corrected chi connectivity index (χ0v) is 10.7. The van der Waals surface area contributed by atoms with Crippen LogP contribution >= 0.6 is 0 Å². The number of hydrazone groups is 1. The topological polar surface area (TPSA) is 44.9 Å². The van der Waals surface area contributed by atoms with Gasteiger partial charge in [0.25, 0.3) is 0 Å². The van der Waals surface area contributed by atoms with Crippen molar-refractivity contribution < 1.29 is 0 Å². The molecule has 1 rings (SSSR count). The summed E-state index contributed by atoms with van der Waals surface area (Å²) in [4.78, 5) is 1.91. The number of guanidine groups is 1. The second kappa shape index (κ2) is 4.88. The lowest BCUT2D eigenvalue weighted by molar-refractivity contribution is 0.436. The number of rotatable bonds is 2. The summed E-state index contributed by atoms with van der Waals surface area (Å²) in [7, 11) is 5.63. The molecule has 0 bridgehead atoms. The standard InChI is InChI=1S/C12H20N4/c1-9-7-6-8-10(2)11(9)16(5)12(13)14-15(3)4/h6-8H,1-5H3,(H2,13,14). The zero-order chi connectivity index (χ0) is 12.3. The molecular formula is C12H20N4. The van der Waals surface area contributed by atoms with Crippen LogP contribution in [-0.2, 0) is 0 Å². The SMILES string of the molecule is Cc1cccc(C)c1N(C)C(N)=NN(C)C. The minimum absolute atomic E-state index is 0.488. The lowest BCUT2D eigenvalue weighted by Gasteiger charge is -2.23. The predicted octanol–water partition coefficient (Wildman–Crippen LogP) is 1.53. The smallest absolute Gasteiger partial charge is 0.218 e. The van der Waals surface area contributed by atoms with Crippen LogP contribution in [0.2, 0.25) is 0 Å². The first-order chi connectivity index (χ1) is 7.43. The van der Waals surface area contributed by atoms with Crippen LogP contribution in [0.15, 0.2) is 23.3 Å². The van der Waals surface area contributed by atoms with Gasteiger partial charge in [0.15, 0.2) is 0 Å². The van der Waals surface area contributed by atoms with Crippen LogP contribution in [0, 0.1) is 13.8 Å². The molecule has 0 atom stereocenters. The maximum atomic E-state index is 5.92. The van der Waals surface area contributed by atoms with E-state index in [4.69, 9.17) is 5.73 Å². The van der Waals surface area contributed by atoms with Gasteiger partial charge in [-0.15, -0.1) is 5.10 Å². The molecule has 0 aliphatic rings. The van der Waals surface area contributed by atoms with E-state index < -0.39 is 0 Å². The molecule has 0 fully saturated rings. The predicted molar refractivity (Wildman–Crippen MR) is 69.6 cm³/mol. The number of nitrogens with zero attached hydrogens (tertiary/aromatic N) is 3. The Bertz CT molecular complexity index is 376. The summed E-state index contributed by atoms with van der Waals surface area (Å²) in [5, 5.41) is 5.88. The highest BCUT2D eigenvalue weighted by atomic mass is 15.5. The number of hydrogen-bond acceptors (Lipinski definition) is 2. The highest BCUT2D eigenvalue weighted by Crippen LogP contribution is 2.22. The number of benzene rings is 1. The van der Waals surface area contributed by atoms with Gasteiger partial charge in [0, 0.05) is 26.8 Å². The van der Waals surface area contributed by atoms with Gasteiger partial charge in [-0.3, -0.25) is 5.01 Å². The third-order valence-electron chi connectivity index (χ3n) is 2.42. The molecule has 4 nitrogen and oxygen atoms in total. The molecule has 0 unspecified atom stereocenters. The molecule has 0 amide bonds. The quantitative estimate of drug-likeness (QED) is 0.467. The summed E-state index contributed by atoms with van der Waals surface area (Å²) in [5.41, 5.74) is 9.43. The Morgan fingerprint density at radius 2 is 1.62 bits per heavy atom. The van der Waals surface area contributed by atoms with E-state index >= 15 is 0 Å². The van der Waals surface area contributed by atoms with Crippen LogP contribution < -0.4 is 10.6 Å². The second-order valence-corrected chi connectivity index (χ2v) is 4.10. The van der Waals surface area contributed by atoms with Gasteiger partial charge in [-0.1, -0.05) is 18.2 Å². The highest BCUT2D eigenvalue weighted by Gasteiger charge is 2.10. The van der Waals surface area contributed by atoms with Crippen molar-refractivity contribution in [3.8, 4) is 0 Å². The van der Waals surface area contributed by atoms with E-state index in [9.17, 15) is 0 Å². The largest absolute Gasteiger partial charge is 0.368 e. The number of nitrogens with two attached hydrogens (primary N) is 1. The minimum Gasteiger partial charge on any atom is -0.368 e. The van der Waals surface area contributed by atoms with Gasteiger partial charge in [0.1, 0.15) is 0 Å². The van der Waals surface area contributed by atoms with E-state index in [-0.39, 0.29) is 0 Å². The van der Waals surface area contributed by atoms with E-state index in [1.165, 1.54) is 11.1 Å². The summed E-state index contributed by atoms with van der Waals surface area (Å²) in [6.07, 6.45) is 0. The normalized spacial score (nSPS) is 11.4. The molecule has 0 saturated heterocycles. The molecule has 88 valence electrons. The van der Waals surface area contributed by atoms with Gasteiger partial charge >= 0.3 is 0 Å². The van der Waals surface area contributed by atoms with E-state index in [2.05, 4.69) is 31.1 Å². The first kappa shape index (κ1) is 12.4. The number of para-hydroxylation sites is 1. The summed E-state index contributed by atoms with van der Waals surface area (Å²) in [6.45, 7) is 4.14. The monoisotopic (exact) mass is 220 g/mol. The molecule has 1 aromatic rings. The van der Waals surface area contributed by atoms with Crippen LogP contribution in [-0.4, -0.2) is 32.1 Å². The fourth-order valence-corrected chi connectivity index (χ4v) is 1.72. The molecule has 0 saturated carbocycles. The second-order valence-electron chi connectivity index (χ2n) is 4.10. The number of aryl methyl sites for hydroxylation is 2. The third kappa shape index (κ3) is 2.66. The van der Waals surface area contributed by atoms with Gasteiger partial charge in [-0.2, -0.15) is 0 Å². The molecule has 0 aliphatic heterocycles. The molecule has 4 heteroatoms. The van der Waals surface area contributed by atoms with Crippen LogP contribution in [0.25, 0.3) is 0 Å². The zero-order valence-electron chi connectivity index (χ0n) is 10.7. The van der Waals surface area contributed by atoms with Gasteiger partial charge < -0.3 is 10.6 Å². The van der Waals surface area contributed by atoms with Crippen molar-refractivity contribution in [3.63, 3.8) is 0 Å². The Morgan fingerprint density at radius 3 is 2.06 bits per heavy atom. The Kier molecular flexibility index (Phi) is 3.77. The lowest BCUT2D eigenvalue weighted by Crippen LogP contribution is -2.36. The molecule has 0 aromatic heterocycles. The first-order valence-corrected chi connectivity index (χ1v) is 5.25. The molecule has 0 heterocycles. The summed E-state index contributed by atoms with van der Waals surface area (Å²) in [5.74, 6) is 0.488. The lowest BCUT2D eigenvalue weighted by atomic mass is 10.1.